The Kier molecular flexibility index (Phi) is 7.08. The van der Waals surface area contributed by atoms with Crippen molar-refractivity contribution < 1.29 is 4.74 Å². The van der Waals surface area contributed by atoms with E-state index in [0.29, 0.717) is 6.04 Å². The predicted molar refractivity (Wildman–Crippen MR) is 93.2 cm³/mol. The van der Waals surface area contributed by atoms with Crippen LogP contribution in [0.25, 0.3) is 0 Å². The molecular weight excluding hydrogens is 278 g/mol. The zero-order valence-electron chi connectivity index (χ0n) is 13.7. The number of hydrogen-bond acceptors (Lipinski definition) is 3. The standard InChI is InChI=1S/C18H29NOS/c1-4-7-19-18(13-21-17-5-8-20-9-6-17)16-11-14(2)10-15(3)12-16/h10-12,17-19H,4-9,13H2,1-3H3. The van der Waals surface area contributed by atoms with Gasteiger partial charge >= 0.3 is 0 Å². The van der Waals surface area contributed by atoms with E-state index in [1.54, 1.807) is 0 Å². The van der Waals surface area contributed by atoms with Gasteiger partial charge in [0.1, 0.15) is 0 Å². The number of aryl methyl sites for hydroxylation is 2. The fraction of sp³-hybridized carbons (Fsp3) is 0.667. The number of hydrogen-bond donors (Lipinski definition) is 1. The zero-order valence-corrected chi connectivity index (χ0v) is 14.5. The van der Waals surface area contributed by atoms with Gasteiger partial charge in [0.15, 0.2) is 0 Å². The summed E-state index contributed by atoms with van der Waals surface area (Å²) < 4.78 is 5.46. The summed E-state index contributed by atoms with van der Waals surface area (Å²) in [6, 6.07) is 7.40. The van der Waals surface area contributed by atoms with Crippen LogP contribution in [0.3, 0.4) is 0 Å². The summed E-state index contributed by atoms with van der Waals surface area (Å²) in [5.41, 5.74) is 4.18. The van der Waals surface area contributed by atoms with Gasteiger partial charge in [-0.05, 0) is 45.2 Å². The van der Waals surface area contributed by atoms with Gasteiger partial charge in [-0.3, -0.25) is 0 Å². The number of benzene rings is 1. The highest BCUT2D eigenvalue weighted by molar-refractivity contribution is 7.99. The predicted octanol–water partition coefficient (Wildman–Crippen LogP) is 4.26. The van der Waals surface area contributed by atoms with E-state index in [-0.39, 0.29) is 0 Å². The molecule has 0 saturated carbocycles. The van der Waals surface area contributed by atoms with Gasteiger partial charge < -0.3 is 10.1 Å². The first-order chi connectivity index (χ1) is 10.2. The van der Waals surface area contributed by atoms with E-state index in [4.69, 9.17) is 4.74 Å². The Morgan fingerprint density at radius 2 is 1.86 bits per heavy atom. The van der Waals surface area contributed by atoms with Crippen LogP contribution in [0, 0.1) is 13.8 Å². The molecule has 1 aliphatic heterocycles. The Morgan fingerprint density at radius 1 is 1.19 bits per heavy atom. The Hall–Kier alpha value is -0.510. The molecule has 1 aromatic carbocycles. The first-order valence-electron chi connectivity index (χ1n) is 8.20. The lowest BCUT2D eigenvalue weighted by Gasteiger charge is -2.25. The highest BCUT2D eigenvalue weighted by Gasteiger charge is 2.18. The van der Waals surface area contributed by atoms with E-state index in [2.05, 4.69) is 56.0 Å². The van der Waals surface area contributed by atoms with E-state index < -0.39 is 0 Å². The van der Waals surface area contributed by atoms with Crippen molar-refractivity contribution in [1.29, 1.82) is 0 Å². The topological polar surface area (TPSA) is 21.3 Å². The smallest absolute Gasteiger partial charge is 0.0476 e. The van der Waals surface area contributed by atoms with E-state index in [9.17, 15) is 0 Å². The van der Waals surface area contributed by atoms with Gasteiger partial charge in [0.2, 0.25) is 0 Å². The maximum absolute atomic E-state index is 5.46. The molecular formula is C18H29NOS. The molecule has 1 aromatic rings. The van der Waals surface area contributed by atoms with Crippen LogP contribution < -0.4 is 5.32 Å². The molecule has 1 fully saturated rings. The summed E-state index contributed by atoms with van der Waals surface area (Å²) in [4.78, 5) is 0. The summed E-state index contributed by atoms with van der Waals surface area (Å²) in [6.45, 7) is 9.59. The molecule has 1 unspecified atom stereocenters. The molecule has 1 saturated heterocycles. The summed E-state index contributed by atoms with van der Waals surface area (Å²) in [5.74, 6) is 1.16. The third-order valence-corrected chi connectivity index (χ3v) is 5.42. The number of ether oxygens (including phenoxy) is 1. The van der Waals surface area contributed by atoms with E-state index in [0.717, 1.165) is 30.8 Å². The number of nitrogens with one attached hydrogen (secondary N) is 1. The third kappa shape index (κ3) is 5.65. The molecule has 1 heterocycles. The van der Waals surface area contributed by atoms with Gasteiger partial charge in [-0.15, -0.1) is 0 Å². The average molecular weight is 308 g/mol. The summed E-state index contributed by atoms with van der Waals surface area (Å²) >= 11 is 2.12. The normalized spacial score (nSPS) is 17.9. The molecule has 1 atom stereocenters. The van der Waals surface area contributed by atoms with Crippen LogP contribution in [0.1, 0.15) is 48.9 Å². The van der Waals surface area contributed by atoms with Crippen molar-refractivity contribution in [2.45, 2.75) is 51.3 Å². The molecule has 2 nitrogen and oxygen atoms in total. The van der Waals surface area contributed by atoms with Crippen molar-refractivity contribution >= 4 is 11.8 Å². The molecule has 21 heavy (non-hydrogen) atoms. The van der Waals surface area contributed by atoms with Gasteiger partial charge in [0.25, 0.3) is 0 Å². The second-order valence-corrected chi connectivity index (χ2v) is 7.41. The Bertz CT molecular complexity index is 409. The lowest BCUT2D eigenvalue weighted by molar-refractivity contribution is 0.1000. The van der Waals surface area contributed by atoms with Crippen molar-refractivity contribution in [3.05, 3.63) is 34.9 Å². The molecule has 3 heteroatoms. The summed E-state index contributed by atoms with van der Waals surface area (Å²) in [7, 11) is 0. The van der Waals surface area contributed by atoms with Crippen LogP contribution in [0.4, 0.5) is 0 Å². The third-order valence-electron chi connectivity index (χ3n) is 3.95. The number of rotatable bonds is 7. The van der Waals surface area contributed by atoms with Crippen LogP contribution in [0.2, 0.25) is 0 Å². The van der Waals surface area contributed by atoms with Gasteiger partial charge in [-0.25, -0.2) is 0 Å². The van der Waals surface area contributed by atoms with Crippen molar-refractivity contribution in [2.24, 2.45) is 0 Å². The van der Waals surface area contributed by atoms with Crippen molar-refractivity contribution in [2.75, 3.05) is 25.5 Å². The Balaban J connectivity index is 1.98. The average Bonchev–Trinajstić information content (AvgIpc) is 2.47. The molecule has 118 valence electrons. The molecule has 1 N–H and O–H groups in total. The van der Waals surface area contributed by atoms with Gasteiger partial charge in [0.05, 0.1) is 0 Å². The van der Waals surface area contributed by atoms with Crippen molar-refractivity contribution in [3.8, 4) is 0 Å². The van der Waals surface area contributed by atoms with Crippen molar-refractivity contribution in [3.63, 3.8) is 0 Å². The zero-order chi connectivity index (χ0) is 15.1. The highest BCUT2D eigenvalue weighted by atomic mass is 32.2. The lowest BCUT2D eigenvalue weighted by Crippen LogP contribution is -2.26. The largest absolute Gasteiger partial charge is 0.381 e. The van der Waals surface area contributed by atoms with Gasteiger partial charge in [-0.2, -0.15) is 11.8 Å². The first kappa shape index (κ1) is 16.9. The monoisotopic (exact) mass is 307 g/mol. The lowest BCUT2D eigenvalue weighted by atomic mass is 10.0. The second-order valence-electron chi connectivity index (χ2n) is 6.07. The highest BCUT2D eigenvalue weighted by Crippen LogP contribution is 2.27. The van der Waals surface area contributed by atoms with E-state index in [1.165, 1.54) is 36.0 Å². The fourth-order valence-electron chi connectivity index (χ4n) is 2.88. The number of thioether (sulfide) groups is 1. The molecule has 0 radical (unpaired) electrons. The van der Waals surface area contributed by atoms with Crippen LogP contribution in [-0.2, 0) is 4.74 Å². The van der Waals surface area contributed by atoms with Crippen molar-refractivity contribution in [1.82, 2.24) is 5.32 Å². The minimum atomic E-state index is 0.469. The molecule has 0 aliphatic carbocycles. The second kappa shape index (κ2) is 8.82. The molecule has 1 aliphatic rings. The minimum absolute atomic E-state index is 0.469. The van der Waals surface area contributed by atoms with Crippen LogP contribution in [0.15, 0.2) is 18.2 Å². The molecule has 2 rings (SSSR count). The summed E-state index contributed by atoms with van der Waals surface area (Å²) in [6.07, 6.45) is 3.60. The van der Waals surface area contributed by atoms with Crippen LogP contribution in [0.5, 0.6) is 0 Å². The van der Waals surface area contributed by atoms with Crippen LogP contribution >= 0.6 is 11.8 Å². The van der Waals surface area contributed by atoms with E-state index in [1.807, 2.05) is 0 Å². The maximum atomic E-state index is 5.46. The SMILES string of the molecule is CCCNC(CSC1CCOCC1)c1cc(C)cc(C)c1. The van der Waals surface area contributed by atoms with E-state index >= 15 is 0 Å². The van der Waals surface area contributed by atoms with Gasteiger partial charge in [-0.1, -0.05) is 36.2 Å². The van der Waals surface area contributed by atoms with Gasteiger partial charge in [0, 0.05) is 30.3 Å². The fourth-order valence-corrected chi connectivity index (χ4v) is 4.18. The molecule has 0 aromatic heterocycles. The molecule has 0 amide bonds. The first-order valence-corrected chi connectivity index (χ1v) is 9.25. The summed E-state index contributed by atoms with van der Waals surface area (Å²) in [5, 5.41) is 4.50. The Labute approximate surface area is 134 Å². The molecule has 0 spiro atoms. The minimum Gasteiger partial charge on any atom is -0.381 e. The van der Waals surface area contributed by atoms with Crippen LogP contribution in [-0.4, -0.2) is 30.8 Å². The molecule has 0 bridgehead atoms. The maximum Gasteiger partial charge on any atom is 0.0476 e. The quantitative estimate of drug-likeness (QED) is 0.813. The Morgan fingerprint density at radius 3 is 2.48 bits per heavy atom.